The average molecular weight is 360 g/mol. The molecule has 0 unspecified atom stereocenters. The number of ketones is 1. The van der Waals surface area contributed by atoms with Crippen molar-refractivity contribution in [3.63, 3.8) is 0 Å². The molecule has 3 nitrogen and oxygen atoms in total. The number of para-hydroxylation sites is 1. The first-order valence-corrected chi connectivity index (χ1v) is 9.97. The van der Waals surface area contributed by atoms with Crippen molar-refractivity contribution in [2.45, 2.75) is 37.1 Å². The predicted molar refractivity (Wildman–Crippen MR) is 106 cm³/mol. The first-order chi connectivity index (χ1) is 12.8. The molecule has 2 aromatic carbocycles. The van der Waals surface area contributed by atoms with Crippen LogP contribution in [0.5, 0.6) is 0 Å². The Hall–Kier alpha value is -2.51. The number of aryl methyl sites for hydroxylation is 3. The lowest BCUT2D eigenvalue weighted by Gasteiger charge is -2.04. The minimum Gasteiger partial charge on any atom is -0.346 e. The lowest BCUT2D eigenvalue weighted by Crippen LogP contribution is -2.02. The molecule has 0 saturated heterocycles. The third-order valence-electron chi connectivity index (χ3n) is 4.99. The van der Waals surface area contributed by atoms with E-state index in [0.29, 0.717) is 18.7 Å². The molecule has 0 fully saturated rings. The normalized spacial score (nSPS) is 12.9. The molecule has 0 atom stereocenters. The van der Waals surface area contributed by atoms with Crippen molar-refractivity contribution in [2.24, 2.45) is 0 Å². The van der Waals surface area contributed by atoms with Crippen LogP contribution in [0.4, 0.5) is 0 Å². The van der Waals surface area contributed by atoms with Gasteiger partial charge in [0.2, 0.25) is 0 Å². The van der Waals surface area contributed by atoms with E-state index in [-0.39, 0.29) is 5.78 Å². The number of hydrogen-bond acceptors (Lipinski definition) is 3. The third kappa shape index (κ3) is 3.27. The molecular weight excluding hydrogens is 340 g/mol. The zero-order chi connectivity index (χ0) is 17.9. The van der Waals surface area contributed by atoms with E-state index in [9.17, 15) is 4.79 Å². The Labute approximate surface area is 157 Å². The van der Waals surface area contributed by atoms with Crippen molar-refractivity contribution in [1.29, 1.82) is 5.26 Å². The van der Waals surface area contributed by atoms with E-state index in [0.717, 1.165) is 22.9 Å². The molecule has 0 aliphatic heterocycles. The molecule has 1 heterocycles. The zero-order valence-corrected chi connectivity index (χ0v) is 15.4. The van der Waals surface area contributed by atoms with Crippen LogP contribution in [0.1, 0.15) is 34.3 Å². The molecular formula is C22H20N2OS. The summed E-state index contributed by atoms with van der Waals surface area (Å²) in [4.78, 5) is 14.0. The van der Waals surface area contributed by atoms with Crippen LogP contribution in [-0.4, -0.2) is 16.1 Å². The van der Waals surface area contributed by atoms with E-state index in [1.54, 1.807) is 11.8 Å². The maximum Gasteiger partial charge on any atom is 0.175 e. The number of nitrogens with zero attached hydrogens (tertiary/aromatic N) is 2. The van der Waals surface area contributed by atoms with E-state index in [4.69, 9.17) is 5.26 Å². The second kappa shape index (κ2) is 7.39. The minimum absolute atomic E-state index is 0.141. The van der Waals surface area contributed by atoms with Crippen LogP contribution >= 0.6 is 11.8 Å². The van der Waals surface area contributed by atoms with Crippen LogP contribution < -0.4 is 0 Å². The Morgan fingerprint density at radius 3 is 2.88 bits per heavy atom. The van der Waals surface area contributed by atoms with Crippen LogP contribution in [0.25, 0.3) is 10.9 Å². The molecule has 0 spiro atoms. The fourth-order valence-electron chi connectivity index (χ4n) is 3.69. The number of benzene rings is 2. The van der Waals surface area contributed by atoms with Crippen molar-refractivity contribution in [3.8, 4) is 6.07 Å². The number of carbonyl (C=O) groups is 1. The summed E-state index contributed by atoms with van der Waals surface area (Å²) >= 11 is 1.61. The van der Waals surface area contributed by atoms with E-state index in [2.05, 4.69) is 24.3 Å². The Bertz CT molecular complexity index is 1010. The molecule has 0 amide bonds. The SMILES string of the molecule is N#CCCn1cc(C(=O)CSc2ccc3c(c2)CCC3)c2ccccc21. The molecule has 4 rings (SSSR count). The average Bonchev–Trinajstić information content (AvgIpc) is 3.28. The molecule has 1 aromatic heterocycles. The monoisotopic (exact) mass is 360 g/mol. The second-order valence-electron chi connectivity index (χ2n) is 6.66. The number of rotatable bonds is 6. The Morgan fingerprint density at radius 1 is 1.15 bits per heavy atom. The highest BCUT2D eigenvalue weighted by molar-refractivity contribution is 8.00. The molecule has 26 heavy (non-hydrogen) atoms. The van der Waals surface area contributed by atoms with E-state index < -0.39 is 0 Å². The lowest BCUT2D eigenvalue weighted by molar-refractivity contribution is 0.102. The molecule has 3 aromatic rings. The number of fused-ring (bicyclic) bond motifs is 2. The first-order valence-electron chi connectivity index (χ1n) is 8.99. The first kappa shape index (κ1) is 16.9. The summed E-state index contributed by atoms with van der Waals surface area (Å²) in [6, 6.07) is 16.7. The Kier molecular flexibility index (Phi) is 4.81. The topological polar surface area (TPSA) is 45.8 Å². The van der Waals surface area contributed by atoms with Gasteiger partial charge in [-0.3, -0.25) is 4.79 Å². The molecule has 130 valence electrons. The van der Waals surface area contributed by atoms with E-state index in [1.165, 1.54) is 28.9 Å². The van der Waals surface area contributed by atoms with Crippen LogP contribution in [0.2, 0.25) is 0 Å². The number of carbonyl (C=O) groups excluding carboxylic acids is 1. The molecule has 1 aliphatic rings. The van der Waals surface area contributed by atoms with Gasteiger partial charge in [-0.25, -0.2) is 0 Å². The van der Waals surface area contributed by atoms with Crippen molar-refractivity contribution in [1.82, 2.24) is 4.57 Å². The second-order valence-corrected chi connectivity index (χ2v) is 7.71. The molecule has 0 radical (unpaired) electrons. The van der Waals surface area contributed by atoms with Crippen molar-refractivity contribution >= 4 is 28.4 Å². The largest absolute Gasteiger partial charge is 0.346 e. The summed E-state index contributed by atoms with van der Waals surface area (Å²) in [5, 5.41) is 9.84. The Balaban J connectivity index is 1.54. The van der Waals surface area contributed by atoms with Crippen LogP contribution in [0.15, 0.2) is 53.6 Å². The van der Waals surface area contributed by atoms with Gasteiger partial charge in [-0.05, 0) is 48.6 Å². The van der Waals surface area contributed by atoms with Gasteiger partial charge >= 0.3 is 0 Å². The predicted octanol–water partition coefficient (Wildman–Crippen LogP) is 5.02. The fraction of sp³-hybridized carbons (Fsp3) is 0.273. The van der Waals surface area contributed by atoms with Gasteiger partial charge in [0.1, 0.15) is 0 Å². The van der Waals surface area contributed by atoms with Gasteiger partial charge in [0.15, 0.2) is 5.78 Å². The molecule has 0 N–H and O–H groups in total. The van der Waals surface area contributed by atoms with Crippen molar-refractivity contribution < 1.29 is 4.79 Å². The maximum absolute atomic E-state index is 12.9. The fourth-order valence-corrected chi connectivity index (χ4v) is 4.53. The van der Waals surface area contributed by atoms with Crippen LogP contribution in [0, 0.1) is 11.3 Å². The van der Waals surface area contributed by atoms with Crippen LogP contribution in [0.3, 0.4) is 0 Å². The summed E-state index contributed by atoms with van der Waals surface area (Å²) in [7, 11) is 0. The third-order valence-corrected chi connectivity index (χ3v) is 5.99. The van der Waals surface area contributed by atoms with Gasteiger partial charge in [0.05, 0.1) is 18.2 Å². The van der Waals surface area contributed by atoms with Gasteiger partial charge in [0.25, 0.3) is 0 Å². The van der Waals surface area contributed by atoms with Crippen LogP contribution in [-0.2, 0) is 19.4 Å². The molecule has 0 saturated carbocycles. The lowest BCUT2D eigenvalue weighted by atomic mass is 10.1. The maximum atomic E-state index is 12.9. The highest BCUT2D eigenvalue weighted by Crippen LogP contribution is 2.29. The molecule has 0 bridgehead atoms. The smallest absolute Gasteiger partial charge is 0.175 e. The molecule has 1 aliphatic carbocycles. The Morgan fingerprint density at radius 2 is 2.00 bits per heavy atom. The van der Waals surface area contributed by atoms with Gasteiger partial charge in [-0.15, -0.1) is 11.8 Å². The summed E-state index contributed by atoms with van der Waals surface area (Å²) in [6.07, 6.45) is 5.93. The summed E-state index contributed by atoms with van der Waals surface area (Å²) in [5.41, 5.74) is 4.68. The summed E-state index contributed by atoms with van der Waals surface area (Å²) < 4.78 is 2.02. The van der Waals surface area contributed by atoms with E-state index >= 15 is 0 Å². The molecule has 4 heteroatoms. The van der Waals surface area contributed by atoms with Gasteiger partial charge in [-0.2, -0.15) is 5.26 Å². The standard InChI is InChI=1S/C22H20N2OS/c23-11-4-12-24-14-20(19-7-1-2-8-21(19)24)22(25)15-26-18-10-9-16-5-3-6-17(16)13-18/h1-2,7-10,13-14H,3-6,12,15H2. The number of Topliss-reactive ketones (excluding diaryl/α,β-unsaturated/α-hetero) is 1. The number of nitriles is 1. The van der Waals surface area contributed by atoms with Crippen molar-refractivity contribution in [3.05, 3.63) is 65.4 Å². The quantitative estimate of drug-likeness (QED) is 0.458. The highest BCUT2D eigenvalue weighted by atomic mass is 32.2. The van der Waals surface area contributed by atoms with Gasteiger partial charge in [0, 0.05) is 34.1 Å². The minimum atomic E-state index is 0.141. The van der Waals surface area contributed by atoms with Gasteiger partial charge < -0.3 is 4.57 Å². The van der Waals surface area contributed by atoms with Gasteiger partial charge in [-0.1, -0.05) is 24.3 Å². The van der Waals surface area contributed by atoms with E-state index in [1.807, 2.05) is 35.0 Å². The highest BCUT2D eigenvalue weighted by Gasteiger charge is 2.16. The number of aromatic nitrogens is 1. The summed E-state index contributed by atoms with van der Waals surface area (Å²) in [6.45, 7) is 0.613. The zero-order valence-electron chi connectivity index (χ0n) is 14.6. The summed E-state index contributed by atoms with van der Waals surface area (Å²) in [5.74, 6) is 0.577. The van der Waals surface area contributed by atoms with Crippen molar-refractivity contribution in [2.75, 3.05) is 5.75 Å². The number of hydrogen-bond donors (Lipinski definition) is 0. The number of thioether (sulfide) groups is 1.